The van der Waals surface area contributed by atoms with Crippen molar-refractivity contribution in [2.75, 3.05) is 0 Å². The van der Waals surface area contributed by atoms with Crippen LogP contribution in [0.25, 0.3) is 6.08 Å². The molecule has 0 saturated carbocycles. The van der Waals surface area contributed by atoms with Gasteiger partial charge >= 0.3 is 5.97 Å². The lowest BCUT2D eigenvalue weighted by molar-refractivity contribution is -0.156. The van der Waals surface area contributed by atoms with Crippen LogP contribution in [-0.4, -0.2) is 11.8 Å². The van der Waals surface area contributed by atoms with Crippen molar-refractivity contribution < 1.29 is 18.7 Å². The van der Waals surface area contributed by atoms with Crippen LogP contribution in [-0.2, 0) is 19.9 Å². The first-order chi connectivity index (χ1) is 8.13. The SMILES string of the molecule is O=C1CC[C@@]2(O1)C(=O)C=Cc1cccc(F)c12. The average Bonchev–Trinajstić information content (AvgIpc) is 2.68. The lowest BCUT2D eigenvalue weighted by atomic mass is 9.80. The number of fused-ring (bicyclic) bond motifs is 2. The molecule has 0 unspecified atom stereocenters. The number of ketones is 1. The fourth-order valence-corrected chi connectivity index (χ4v) is 2.45. The molecule has 0 radical (unpaired) electrons. The maximum absolute atomic E-state index is 13.9. The van der Waals surface area contributed by atoms with Gasteiger partial charge < -0.3 is 4.74 Å². The van der Waals surface area contributed by atoms with E-state index in [0.717, 1.165) is 0 Å². The average molecular weight is 232 g/mol. The Kier molecular flexibility index (Phi) is 1.96. The summed E-state index contributed by atoms with van der Waals surface area (Å²) in [5.74, 6) is -1.32. The Bertz CT molecular complexity index is 562. The summed E-state index contributed by atoms with van der Waals surface area (Å²) in [4.78, 5) is 23.2. The Hall–Kier alpha value is -1.97. The predicted octanol–water partition coefficient (Wildman–Crippen LogP) is 1.95. The van der Waals surface area contributed by atoms with Gasteiger partial charge in [-0.15, -0.1) is 0 Å². The Labute approximate surface area is 96.9 Å². The number of halogens is 1. The molecule has 0 aromatic heterocycles. The number of hydrogen-bond acceptors (Lipinski definition) is 3. The minimum atomic E-state index is -1.42. The molecular weight excluding hydrogens is 223 g/mol. The molecule has 1 aliphatic carbocycles. The first-order valence-corrected chi connectivity index (χ1v) is 5.37. The maximum Gasteiger partial charge on any atom is 0.307 e. The second-order valence-electron chi connectivity index (χ2n) is 4.20. The molecule has 1 saturated heterocycles. The second-order valence-corrected chi connectivity index (χ2v) is 4.20. The van der Waals surface area contributed by atoms with Crippen LogP contribution in [0.15, 0.2) is 24.3 Å². The van der Waals surface area contributed by atoms with Crippen LogP contribution in [0.5, 0.6) is 0 Å². The van der Waals surface area contributed by atoms with Crippen LogP contribution in [0.2, 0.25) is 0 Å². The number of hydrogen-bond donors (Lipinski definition) is 0. The van der Waals surface area contributed by atoms with Crippen molar-refractivity contribution in [2.45, 2.75) is 18.4 Å². The summed E-state index contributed by atoms with van der Waals surface area (Å²) >= 11 is 0. The highest BCUT2D eigenvalue weighted by Crippen LogP contribution is 2.43. The summed E-state index contributed by atoms with van der Waals surface area (Å²) in [5.41, 5.74) is -0.635. The van der Waals surface area contributed by atoms with E-state index in [2.05, 4.69) is 0 Å². The van der Waals surface area contributed by atoms with E-state index in [9.17, 15) is 14.0 Å². The van der Waals surface area contributed by atoms with Crippen molar-refractivity contribution in [3.8, 4) is 0 Å². The molecule has 3 rings (SSSR count). The van der Waals surface area contributed by atoms with Crippen molar-refractivity contribution in [1.82, 2.24) is 0 Å². The van der Waals surface area contributed by atoms with E-state index in [-0.39, 0.29) is 24.2 Å². The first-order valence-electron chi connectivity index (χ1n) is 5.37. The van der Waals surface area contributed by atoms with Gasteiger partial charge in [-0.3, -0.25) is 9.59 Å². The van der Waals surface area contributed by atoms with Gasteiger partial charge in [0, 0.05) is 12.0 Å². The van der Waals surface area contributed by atoms with Gasteiger partial charge in [0.15, 0.2) is 0 Å². The normalized spacial score (nSPS) is 26.2. The van der Waals surface area contributed by atoms with Crippen LogP contribution in [0, 0.1) is 5.82 Å². The number of benzene rings is 1. The number of rotatable bonds is 0. The highest BCUT2D eigenvalue weighted by atomic mass is 19.1. The monoisotopic (exact) mass is 232 g/mol. The topological polar surface area (TPSA) is 43.4 Å². The third-order valence-corrected chi connectivity index (χ3v) is 3.23. The van der Waals surface area contributed by atoms with Crippen LogP contribution in [0.3, 0.4) is 0 Å². The fourth-order valence-electron chi connectivity index (χ4n) is 2.45. The molecular formula is C13H9FO3. The Morgan fingerprint density at radius 2 is 2.06 bits per heavy atom. The van der Waals surface area contributed by atoms with E-state index >= 15 is 0 Å². The van der Waals surface area contributed by atoms with Gasteiger partial charge in [0.1, 0.15) is 5.82 Å². The molecule has 1 aromatic carbocycles. The quantitative estimate of drug-likeness (QED) is 0.642. The van der Waals surface area contributed by atoms with Gasteiger partial charge in [-0.2, -0.15) is 0 Å². The van der Waals surface area contributed by atoms with E-state index in [0.29, 0.717) is 5.56 Å². The molecule has 0 bridgehead atoms. The van der Waals surface area contributed by atoms with Crippen molar-refractivity contribution in [3.63, 3.8) is 0 Å². The van der Waals surface area contributed by atoms with Crippen molar-refractivity contribution in [3.05, 3.63) is 41.2 Å². The zero-order valence-corrected chi connectivity index (χ0v) is 8.90. The summed E-state index contributed by atoms with van der Waals surface area (Å²) in [5, 5.41) is 0. The van der Waals surface area contributed by atoms with Crippen LogP contribution < -0.4 is 0 Å². The largest absolute Gasteiger partial charge is 0.446 e. The minimum Gasteiger partial charge on any atom is -0.446 e. The molecule has 3 nitrogen and oxygen atoms in total. The molecule has 1 fully saturated rings. The first kappa shape index (κ1) is 10.2. The van der Waals surface area contributed by atoms with Crippen molar-refractivity contribution in [2.24, 2.45) is 0 Å². The van der Waals surface area contributed by atoms with Gasteiger partial charge in [-0.05, 0) is 17.7 Å². The lowest BCUT2D eigenvalue weighted by Gasteiger charge is -2.29. The van der Waals surface area contributed by atoms with E-state index in [1.54, 1.807) is 18.2 Å². The molecule has 0 amide bonds. The maximum atomic E-state index is 13.9. The Morgan fingerprint density at radius 3 is 2.76 bits per heavy atom. The molecule has 1 spiro atoms. The number of carbonyl (C=O) groups excluding carboxylic acids is 2. The smallest absolute Gasteiger partial charge is 0.307 e. The number of esters is 1. The lowest BCUT2D eigenvalue weighted by Crippen LogP contribution is -2.37. The molecule has 1 aromatic rings. The summed E-state index contributed by atoms with van der Waals surface area (Å²) in [6.07, 6.45) is 3.26. The number of ether oxygens (including phenoxy) is 1. The van der Waals surface area contributed by atoms with E-state index in [1.807, 2.05) is 0 Å². The highest BCUT2D eigenvalue weighted by molar-refractivity contribution is 6.06. The van der Waals surface area contributed by atoms with Crippen molar-refractivity contribution >= 4 is 17.8 Å². The summed E-state index contributed by atoms with van der Waals surface area (Å²) in [6, 6.07) is 4.55. The van der Waals surface area contributed by atoms with Crippen LogP contribution >= 0.6 is 0 Å². The van der Waals surface area contributed by atoms with Crippen LogP contribution in [0.1, 0.15) is 24.0 Å². The molecule has 86 valence electrons. The fraction of sp³-hybridized carbons (Fsp3) is 0.231. The van der Waals surface area contributed by atoms with Gasteiger partial charge in [0.2, 0.25) is 11.4 Å². The van der Waals surface area contributed by atoms with Gasteiger partial charge in [0.05, 0.1) is 6.42 Å². The summed E-state index contributed by atoms with van der Waals surface area (Å²) in [7, 11) is 0. The molecule has 17 heavy (non-hydrogen) atoms. The molecule has 2 aliphatic rings. The predicted molar refractivity (Wildman–Crippen MR) is 57.4 cm³/mol. The van der Waals surface area contributed by atoms with Gasteiger partial charge in [-0.1, -0.05) is 18.2 Å². The zero-order valence-electron chi connectivity index (χ0n) is 8.90. The Morgan fingerprint density at radius 1 is 1.24 bits per heavy atom. The van der Waals surface area contributed by atoms with E-state index in [4.69, 9.17) is 4.74 Å². The molecule has 4 heteroatoms. The minimum absolute atomic E-state index is 0.146. The Balaban J connectivity index is 2.27. The van der Waals surface area contributed by atoms with Crippen LogP contribution in [0.4, 0.5) is 4.39 Å². The standard InChI is InChI=1S/C13H9FO3/c14-9-3-1-2-8-4-5-10(15)13(12(8)9)7-6-11(16)17-13/h1-5H,6-7H2/t13-/m1/s1. The van der Waals surface area contributed by atoms with E-state index in [1.165, 1.54) is 12.1 Å². The highest BCUT2D eigenvalue weighted by Gasteiger charge is 2.51. The zero-order chi connectivity index (χ0) is 12.0. The molecule has 1 aliphatic heterocycles. The summed E-state index contributed by atoms with van der Waals surface area (Å²) in [6.45, 7) is 0. The summed E-state index contributed by atoms with van der Waals surface area (Å²) < 4.78 is 19.0. The van der Waals surface area contributed by atoms with Gasteiger partial charge in [0.25, 0.3) is 0 Å². The molecule has 1 heterocycles. The second kappa shape index (κ2) is 3.26. The van der Waals surface area contributed by atoms with Gasteiger partial charge in [-0.25, -0.2) is 4.39 Å². The van der Waals surface area contributed by atoms with Crippen molar-refractivity contribution in [1.29, 1.82) is 0 Å². The third-order valence-electron chi connectivity index (χ3n) is 3.23. The third kappa shape index (κ3) is 1.27. The van der Waals surface area contributed by atoms with E-state index < -0.39 is 17.4 Å². The molecule has 1 atom stereocenters. The number of carbonyl (C=O) groups is 2. The molecule has 0 N–H and O–H groups in total.